The molecule has 4 atom stereocenters. The molecule has 3 fully saturated rings. The van der Waals surface area contributed by atoms with Gasteiger partial charge in [-0.3, -0.25) is 4.90 Å². The van der Waals surface area contributed by atoms with Crippen molar-refractivity contribution < 1.29 is 38.0 Å². The van der Waals surface area contributed by atoms with Crippen molar-refractivity contribution in [3.63, 3.8) is 0 Å². The predicted molar refractivity (Wildman–Crippen MR) is 175 cm³/mol. The van der Waals surface area contributed by atoms with E-state index in [2.05, 4.69) is 14.4 Å². The SMILES string of the molecule is COc1cc(C(=O)O)cc2c1nc(CN1CCN(c3cccc4c3OC(C)(c3ccc(Cl)cc3F)O4)[C@@H]3COC[C@@H]31)n2C[C@@H]1CCCO1. The molecule has 4 aliphatic heterocycles. The second-order valence-corrected chi connectivity index (χ2v) is 13.3. The highest BCUT2D eigenvalue weighted by Gasteiger charge is 2.46. The van der Waals surface area contributed by atoms with Gasteiger partial charge in [0.25, 0.3) is 5.79 Å². The molecule has 0 aliphatic carbocycles. The van der Waals surface area contributed by atoms with Crippen LogP contribution in [0.15, 0.2) is 48.5 Å². The van der Waals surface area contributed by atoms with E-state index in [1.54, 1.807) is 25.1 Å². The Morgan fingerprint density at radius 1 is 1.15 bits per heavy atom. The highest BCUT2D eigenvalue weighted by Crippen LogP contribution is 2.51. The van der Waals surface area contributed by atoms with Gasteiger partial charge in [0.2, 0.25) is 0 Å². The summed E-state index contributed by atoms with van der Waals surface area (Å²) in [7, 11) is 1.53. The zero-order valence-electron chi connectivity index (χ0n) is 26.7. The first-order valence-corrected chi connectivity index (χ1v) is 16.6. The second kappa shape index (κ2) is 12.1. The Morgan fingerprint density at radius 2 is 2.00 bits per heavy atom. The molecule has 1 unspecified atom stereocenters. The van der Waals surface area contributed by atoms with Crippen LogP contribution >= 0.6 is 11.6 Å². The molecule has 4 aromatic rings. The van der Waals surface area contributed by atoms with E-state index in [9.17, 15) is 9.90 Å². The van der Waals surface area contributed by atoms with Crippen LogP contribution in [0.5, 0.6) is 17.2 Å². The highest BCUT2D eigenvalue weighted by molar-refractivity contribution is 6.30. The third-order valence-electron chi connectivity index (χ3n) is 9.93. The van der Waals surface area contributed by atoms with Crippen molar-refractivity contribution in [2.24, 2.45) is 0 Å². The molecule has 0 radical (unpaired) electrons. The maximum Gasteiger partial charge on any atom is 0.335 e. The van der Waals surface area contributed by atoms with Crippen molar-refractivity contribution in [2.75, 3.05) is 44.9 Å². The van der Waals surface area contributed by atoms with Gasteiger partial charge in [0.1, 0.15) is 22.9 Å². The number of ether oxygens (including phenoxy) is 5. The summed E-state index contributed by atoms with van der Waals surface area (Å²) in [6, 6.07) is 13.5. The lowest BCUT2D eigenvalue weighted by molar-refractivity contribution is -0.0705. The first kappa shape index (κ1) is 31.2. The third-order valence-corrected chi connectivity index (χ3v) is 10.2. The fourth-order valence-corrected chi connectivity index (χ4v) is 7.72. The fraction of sp³-hybridized carbons (Fsp3) is 0.429. The summed E-state index contributed by atoms with van der Waals surface area (Å²) in [5.74, 6) is -0.533. The largest absolute Gasteiger partial charge is 0.494 e. The summed E-state index contributed by atoms with van der Waals surface area (Å²) >= 11 is 6.02. The third kappa shape index (κ3) is 5.31. The number of para-hydroxylation sites is 1. The van der Waals surface area contributed by atoms with Crippen molar-refractivity contribution >= 4 is 34.3 Å². The van der Waals surface area contributed by atoms with Gasteiger partial charge in [-0.05, 0) is 55.3 Å². The molecule has 1 N–H and O–H groups in total. The van der Waals surface area contributed by atoms with E-state index >= 15 is 4.39 Å². The van der Waals surface area contributed by atoms with E-state index in [4.69, 9.17) is 40.3 Å². The van der Waals surface area contributed by atoms with E-state index in [-0.39, 0.29) is 29.3 Å². The van der Waals surface area contributed by atoms with Crippen LogP contribution in [0.1, 0.15) is 41.5 Å². The van der Waals surface area contributed by atoms with E-state index in [0.717, 1.165) is 24.4 Å². The number of aromatic carboxylic acids is 1. The summed E-state index contributed by atoms with van der Waals surface area (Å²) in [6.45, 7) is 5.98. The lowest BCUT2D eigenvalue weighted by Crippen LogP contribution is -2.59. The summed E-state index contributed by atoms with van der Waals surface area (Å²) < 4.78 is 47.5. The van der Waals surface area contributed by atoms with Gasteiger partial charge in [-0.15, -0.1) is 0 Å². The number of nitrogens with zero attached hydrogens (tertiary/aromatic N) is 4. The number of anilines is 1. The minimum absolute atomic E-state index is 0.0112. The summed E-state index contributed by atoms with van der Waals surface area (Å²) in [5.41, 5.74) is 2.62. The van der Waals surface area contributed by atoms with Crippen LogP contribution in [0.4, 0.5) is 10.1 Å². The molecule has 252 valence electrons. The first-order valence-electron chi connectivity index (χ1n) is 16.2. The maximum absolute atomic E-state index is 15.0. The number of fused-ring (bicyclic) bond motifs is 3. The van der Waals surface area contributed by atoms with Crippen LogP contribution < -0.4 is 19.1 Å². The Balaban J connectivity index is 1.09. The van der Waals surface area contributed by atoms with Crippen LogP contribution in [-0.2, 0) is 28.4 Å². The standard InChI is InChI=1S/C35H36ClFN4O7/c1-35(23-9-8-21(36)15-24(23)37)47-29-7-3-6-25(33(29)48-35)40-11-10-39(27-18-45-19-28(27)40)17-31-38-32-26(41(31)16-22-5-4-12-46-22)13-20(34(42)43)14-30(32)44-2/h3,6-9,13-15,22,27-28H,4-5,10-12,16-19H2,1-2H3,(H,42,43)/t22-,27-,28+,35?/m0/s1. The lowest BCUT2D eigenvalue weighted by Gasteiger charge is -2.44. The van der Waals surface area contributed by atoms with E-state index < -0.39 is 17.6 Å². The number of aromatic nitrogens is 2. The zero-order chi connectivity index (χ0) is 33.2. The van der Waals surface area contributed by atoms with Gasteiger partial charge >= 0.3 is 5.97 Å². The first-order chi connectivity index (χ1) is 23.2. The lowest BCUT2D eigenvalue weighted by atomic mass is 10.0. The predicted octanol–water partition coefficient (Wildman–Crippen LogP) is 5.45. The summed E-state index contributed by atoms with van der Waals surface area (Å²) in [5, 5.41) is 10.1. The number of carbonyl (C=O) groups is 1. The number of piperazine rings is 1. The van der Waals surface area contributed by atoms with Crippen LogP contribution in [-0.4, -0.2) is 83.7 Å². The number of hydrogen-bond donors (Lipinski definition) is 1. The van der Waals surface area contributed by atoms with Crippen LogP contribution in [0, 0.1) is 5.82 Å². The molecule has 0 bridgehead atoms. The molecular formula is C35H36ClFN4O7. The Morgan fingerprint density at radius 3 is 2.77 bits per heavy atom. The number of imidazole rings is 1. The minimum Gasteiger partial charge on any atom is -0.494 e. The average Bonchev–Trinajstić information content (AvgIpc) is 3.87. The Labute approximate surface area is 281 Å². The summed E-state index contributed by atoms with van der Waals surface area (Å²) in [6.07, 6.45) is 1.95. The van der Waals surface area contributed by atoms with Gasteiger partial charge in [0.05, 0.1) is 73.9 Å². The van der Waals surface area contributed by atoms with Crippen molar-refractivity contribution in [1.82, 2.24) is 14.5 Å². The Hall–Kier alpha value is -4.10. The molecule has 4 aliphatic rings. The van der Waals surface area contributed by atoms with Gasteiger partial charge in [0, 0.05) is 31.6 Å². The number of rotatable bonds is 8. The topological polar surface area (TPSA) is 108 Å². The Kier molecular flexibility index (Phi) is 7.86. The van der Waals surface area contributed by atoms with Gasteiger partial charge < -0.3 is 38.3 Å². The van der Waals surface area contributed by atoms with Gasteiger partial charge in [-0.2, -0.15) is 0 Å². The molecule has 11 nitrogen and oxygen atoms in total. The second-order valence-electron chi connectivity index (χ2n) is 12.8. The van der Waals surface area contributed by atoms with E-state index in [1.807, 2.05) is 18.2 Å². The maximum atomic E-state index is 15.0. The molecule has 0 amide bonds. The molecule has 0 saturated carbocycles. The molecule has 1 aromatic heterocycles. The number of carboxylic acids is 1. The normalized spacial score (nSPS) is 25.2. The molecule has 48 heavy (non-hydrogen) atoms. The van der Waals surface area contributed by atoms with Crippen molar-refractivity contribution in [3.05, 3.63) is 76.3 Å². The van der Waals surface area contributed by atoms with Gasteiger partial charge in [-0.25, -0.2) is 14.2 Å². The zero-order valence-corrected chi connectivity index (χ0v) is 27.4. The molecule has 3 aromatic carbocycles. The molecule has 3 saturated heterocycles. The number of carboxylic acid groups (broad SMARTS) is 1. The van der Waals surface area contributed by atoms with Crippen molar-refractivity contribution in [3.8, 4) is 17.2 Å². The fourth-order valence-electron chi connectivity index (χ4n) is 7.56. The quantitative estimate of drug-likeness (QED) is 0.259. The molecule has 8 rings (SSSR count). The number of methoxy groups -OCH3 is 1. The Bertz CT molecular complexity index is 1900. The monoisotopic (exact) mass is 678 g/mol. The number of hydrogen-bond acceptors (Lipinski definition) is 9. The number of halogens is 2. The van der Waals surface area contributed by atoms with Crippen LogP contribution in [0.3, 0.4) is 0 Å². The molecule has 5 heterocycles. The minimum atomic E-state index is -1.36. The average molecular weight is 679 g/mol. The van der Waals surface area contributed by atoms with Gasteiger partial charge in [0.15, 0.2) is 11.5 Å². The number of benzene rings is 3. The highest BCUT2D eigenvalue weighted by atomic mass is 35.5. The molecule has 13 heteroatoms. The van der Waals surface area contributed by atoms with Crippen molar-refractivity contribution in [2.45, 2.75) is 56.8 Å². The van der Waals surface area contributed by atoms with E-state index in [0.29, 0.717) is 79.3 Å². The smallest absolute Gasteiger partial charge is 0.335 e. The van der Waals surface area contributed by atoms with Gasteiger partial charge in [-0.1, -0.05) is 17.7 Å². The molecular weight excluding hydrogens is 643 g/mol. The van der Waals surface area contributed by atoms with E-state index in [1.165, 1.54) is 19.2 Å². The van der Waals surface area contributed by atoms with Crippen molar-refractivity contribution in [1.29, 1.82) is 0 Å². The molecule has 0 spiro atoms. The van der Waals surface area contributed by atoms with Crippen LogP contribution in [0.2, 0.25) is 5.02 Å². The van der Waals surface area contributed by atoms with Crippen LogP contribution in [0.25, 0.3) is 11.0 Å². The summed E-state index contributed by atoms with van der Waals surface area (Å²) in [4.78, 5) is 21.7.